The number of hydrogen-bond acceptors (Lipinski definition) is 2. The highest BCUT2D eigenvalue weighted by Gasteiger charge is 2.16. The predicted octanol–water partition coefficient (Wildman–Crippen LogP) is 3.72. The van der Waals surface area contributed by atoms with Gasteiger partial charge in [0, 0.05) is 16.8 Å². The summed E-state index contributed by atoms with van der Waals surface area (Å²) in [7, 11) is 1.92. The summed E-state index contributed by atoms with van der Waals surface area (Å²) >= 11 is 8.58. The zero-order chi connectivity index (χ0) is 14.3. The van der Waals surface area contributed by atoms with Gasteiger partial charge in [-0.05, 0) is 53.8 Å². The first-order valence-corrected chi connectivity index (χ1v) is 7.84. The number of hydrogen-bond donors (Lipinski definition) is 0. The Balaban J connectivity index is 2.13. The van der Waals surface area contributed by atoms with Crippen LogP contribution in [0.4, 0.5) is 0 Å². The first-order chi connectivity index (χ1) is 9.54. The lowest BCUT2D eigenvalue weighted by Crippen LogP contribution is -2.06. The van der Waals surface area contributed by atoms with E-state index in [2.05, 4.69) is 55.4 Å². The Kier molecular flexibility index (Phi) is 3.72. The van der Waals surface area contributed by atoms with Crippen LogP contribution in [0.15, 0.2) is 30.5 Å². The van der Waals surface area contributed by atoms with Gasteiger partial charge in [0.1, 0.15) is 5.82 Å². The number of alkyl halides is 1. The lowest BCUT2D eigenvalue weighted by atomic mass is 10.3. The minimum Gasteiger partial charge on any atom is -0.321 e. The Labute approximate surface area is 135 Å². The molecule has 1 atom stereocenters. The summed E-state index contributed by atoms with van der Waals surface area (Å²) < 4.78 is 5.12. The summed E-state index contributed by atoms with van der Waals surface area (Å²) in [6, 6.07) is 8.27. The molecule has 0 aliphatic carbocycles. The van der Waals surface area contributed by atoms with Gasteiger partial charge in [0.2, 0.25) is 0 Å². The molecule has 20 heavy (non-hydrogen) atoms. The molecule has 4 nitrogen and oxygen atoms in total. The molecular formula is C14H14ClIN4. The molecule has 0 aliphatic heterocycles. The van der Waals surface area contributed by atoms with Crippen molar-refractivity contribution in [2.75, 3.05) is 0 Å². The quantitative estimate of drug-likeness (QED) is 0.496. The maximum atomic E-state index is 6.28. The molecule has 104 valence electrons. The number of rotatable bonds is 3. The molecule has 0 aliphatic rings. The van der Waals surface area contributed by atoms with E-state index >= 15 is 0 Å². The molecule has 0 fully saturated rings. The van der Waals surface area contributed by atoms with Crippen LogP contribution in [-0.2, 0) is 13.6 Å². The third-order valence-electron chi connectivity index (χ3n) is 3.18. The fourth-order valence-corrected chi connectivity index (χ4v) is 2.94. The minimum atomic E-state index is -0.135. The van der Waals surface area contributed by atoms with Crippen LogP contribution in [0.2, 0.25) is 0 Å². The van der Waals surface area contributed by atoms with Crippen molar-refractivity contribution in [3.05, 3.63) is 45.6 Å². The largest absolute Gasteiger partial charge is 0.321 e. The molecular weight excluding hydrogens is 387 g/mol. The van der Waals surface area contributed by atoms with E-state index in [1.165, 1.54) is 3.57 Å². The fraction of sp³-hybridized carbons (Fsp3) is 0.286. The van der Waals surface area contributed by atoms with Crippen molar-refractivity contribution in [3.63, 3.8) is 0 Å². The summed E-state index contributed by atoms with van der Waals surface area (Å²) in [5.74, 6) is 0.884. The highest BCUT2D eigenvalue weighted by molar-refractivity contribution is 14.1. The summed E-state index contributed by atoms with van der Waals surface area (Å²) in [5.41, 5.74) is 3.08. The lowest BCUT2D eigenvalue weighted by molar-refractivity contribution is 0.689. The zero-order valence-electron chi connectivity index (χ0n) is 11.2. The van der Waals surface area contributed by atoms with Crippen LogP contribution in [-0.4, -0.2) is 19.3 Å². The molecule has 0 spiro atoms. The summed E-state index contributed by atoms with van der Waals surface area (Å²) in [5, 5.41) is 4.30. The first-order valence-electron chi connectivity index (χ1n) is 6.33. The van der Waals surface area contributed by atoms with E-state index in [4.69, 9.17) is 11.6 Å². The number of benzene rings is 1. The fourth-order valence-electron chi connectivity index (χ4n) is 2.30. The smallest absolute Gasteiger partial charge is 0.128 e. The van der Waals surface area contributed by atoms with Gasteiger partial charge in [0.05, 0.1) is 28.6 Å². The van der Waals surface area contributed by atoms with Gasteiger partial charge in [0.15, 0.2) is 0 Å². The molecule has 2 heterocycles. The maximum absolute atomic E-state index is 6.28. The normalized spacial score (nSPS) is 13.0. The average molecular weight is 401 g/mol. The van der Waals surface area contributed by atoms with Crippen LogP contribution in [0, 0.1) is 3.57 Å². The SMILES string of the molecule is CC(Cl)c1nc2cc(I)ccc2n1Cc1ccn(C)n1. The number of aromatic nitrogens is 4. The summed E-state index contributed by atoms with van der Waals surface area (Å²) in [4.78, 5) is 4.67. The Hall–Kier alpha value is -1.08. The molecule has 0 N–H and O–H groups in total. The molecule has 6 heteroatoms. The number of nitrogens with zero attached hydrogens (tertiary/aromatic N) is 4. The molecule has 3 aromatic rings. The molecule has 3 rings (SSSR count). The van der Waals surface area contributed by atoms with Crippen molar-refractivity contribution in [2.24, 2.45) is 7.05 Å². The topological polar surface area (TPSA) is 35.6 Å². The van der Waals surface area contributed by atoms with Crippen molar-refractivity contribution < 1.29 is 0 Å². The van der Waals surface area contributed by atoms with E-state index in [-0.39, 0.29) is 5.38 Å². The third-order valence-corrected chi connectivity index (χ3v) is 4.05. The van der Waals surface area contributed by atoms with Crippen molar-refractivity contribution in [1.82, 2.24) is 19.3 Å². The second-order valence-corrected chi connectivity index (χ2v) is 6.69. The summed E-state index contributed by atoms with van der Waals surface area (Å²) in [6.45, 7) is 2.63. The van der Waals surface area contributed by atoms with E-state index in [1.807, 2.05) is 26.2 Å². The Bertz CT molecular complexity index is 760. The van der Waals surface area contributed by atoms with E-state index < -0.39 is 0 Å². The minimum absolute atomic E-state index is 0.135. The molecule has 0 saturated carbocycles. The van der Waals surface area contributed by atoms with Gasteiger partial charge in [-0.3, -0.25) is 4.68 Å². The highest BCUT2D eigenvalue weighted by atomic mass is 127. The molecule has 0 saturated heterocycles. The van der Waals surface area contributed by atoms with Crippen molar-refractivity contribution in [2.45, 2.75) is 18.8 Å². The Morgan fingerprint density at radius 3 is 2.80 bits per heavy atom. The molecule has 1 aromatic carbocycles. The molecule has 0 bridgehead atoms. The summed E-state index contributed by atoms with van der Waals surface area (Å²) in [6.07, 6.45) is 1.95. The van der Waals surface area contributed by atoms with Gasteiger partial charge in [0.25, 0.3) is 0 Å². The van der Waals surface area contributed by atoms with Crippen molar-refractivity contribution >= 4 is 45.2 Å². The number of halogens is 2. The third kappa shape index (κ3) is 2.56. The highest BCUT2D eigenvalue weighted by Crippen LogP contribution is 2.26. The van der Waals surface area contributed by atoms with Gasteiger partial charge in [-0.2, -0.15) is 5.10 Å². The Morgan fingerprint density at radius 2 is 2.15 bits per heavy atom. The van der Waals surface area contributed by atoms with Gasteiger partial charge in [-0.1, -0.05) is 0 Å². The zero-order valence-corrected chi connectivity index (χ0v) is 14.1. The van der Waals surface area contributed by atoms with E-state index in [0.29, 0.717) is 6.54 Å². The van der Waals surface area contributed by atoms with Gasteiger partial charge < -0.3 is 4.57 Å². The van der Waals surface area contributed by atoms with E-state index in [0.717, 1.165) is 22.6 Å². The standard InChI is InChI=1S/C14H14ClIN4/c1-9(15)14-17-12-7-10(16)3-4-13(12)20(14)8-11-5-6-19(2)18-11/h3-7,9H,8H2,1-2H3. The van der Waals surface area contributed by atoms with Crippen molar-refractivity contribution in [3.8, 4) is 0 Å². The van der Waals surface area contributed by atoms with Crippen LogP contribution in [0.1, 0.15) is 23.8 Å². The van der Waals surface area contributed by atoms with Crippen LogP contribution in [0.5, 0.6) is 0 Å². The van der Waals surface area contributed by atoms with Crippen LogP contribution < -0.4 is 0 Å². The maximum Gasteiger partial charge on any atom is 0.128 e. The molecule has 2 aromatic heterocycles. The molecule has 0 amide bonds. The van der Waals surface area contributed by atoms with E-state index in [1.54, 1.807) is 4.68 Å². The average Bonchev–Trinajstić information content (AvgIpc) is 2.94. The molecule has 0 radical (unpaired) electrons. The van der Waals surface area contributed by atoms with Gasteiger partial charge in [-0.15, -0.1) is 11.6 Å². The first kappa shape index (κ1) is 13.9. The van der Waals surface area contributed by atoms with Crippen LogP contribution in [0.3, 0.4) is 0 Å². The monoisotopic (exact) mass is 400 g/mol. The van der Waals surface area contributed by atoms with Crippen LogP contribution >= 0.6 is 34.2 Å². The Morgan fingerprint density at radius 1 is 1.35 bits per heavy atom. The predicted molar refractivity (Wildman–Crippen MR) is 89.0 cm³/mol. The number of aryl methyl sites for hydroxylation is 1. The van der Waals surface area contributed by atoms with E-state index in [9.17, 15) is 0 Å². The number of fused-ring (bicyclic) bond motifs is 1. The second-order valence-electron chi connectivity index (χ2n) is 4.79. The van der Waals surface area contributed by atoms with Crippen LogP contribution in [0.25, 0.3) is 11.0 Å². The van der Waals surface area contributed by atoms with Crippen molar-refractivity contribution in [1.29, 1.82) is 0 Å². The van der Waals surface area contributed by atoms with Gasteiger partial charge in [-0.25, -0.2) is 4.98 Å². The second kappa shape index (κ2) is 5.37. The number of imidazole rings is 1. The van der Waals surface area contributed by atoms with Gasteiger partial charge >= 0.3 is 0 Å². The molecule has 1 unspecified atom stereocenters. The lowest BCUT2D eigenvalue weighted by Gasteiger charge is -2.08.